The summed E-state index contributed by atoms with van der Waals surface area (Å²) in [6.07, 6.45) is -0.767. The topological polar surface area (TPSA) is 49.3 Å². The monoisotopic (exact) mass is 323 g/mol. The molecule has 0 heterocycles. The van der Waals surface area contributed by atoms with Gasteiger partial charge in [0.05, 0.1) is 11.7 Å². The van der Waals surface area contributed by atoms with Crippen LogP contribution in [0.1, 0.15) is 35.4 Å². The van der Waals surface area contributed by atoms with E-state index in [-0.39, 0.29) is 6.42 Å². The Labute approximate surface area is 131 Å². The average Bonchev–Trinajstić information content (AvgIpc) is 2.50. The molecular formula is C17H16F3NO2. The molecule has 2 atom stereocenters. The lowest BCUT2D eigenvalue weighted by molar-refractivity contribution is 0.0912. The molecule has 2 aromatic rings. The zero-order valence-electron chi connectivity index (χ0n) is 12.4. The first-order valence-electron chi connectivity index (χ1n) is 7.07. The molecule has 0 radical (unpaired) electrons. The van der Waals surface area contributed by atoms with Crippen LogP contribution in [0.2, 0.25) is 0 Å². The average molecular weight is 323 g/mol. The van der Waals surface area contributed by atoms with Crippen LogP contribution in [0.15, 0.2) is 42.5 Å². The quantitative estimate of drug-likeness (QED) is 0.886. The second-order valence-electron chi connectivity index (χ2n) is 5.28. The minimum Gasteiger partial charge on any atom is -0.388 e. The summed E-state index contributed by atoms with van der Waals surface area (Å²) in [5.41, 5.74) is 0.109. The van der Waals surface area contributed by atoms with Crippen molar-refractivity contribution >= 4 is 5.91 Å². The Hall–Kier alpha value is -2.34. The van der Waals surface area contributed by atoms with Crippen molar-refractivity contribution in [3.8, 4) is 0 Å². The SMILES string of the molecule is CC(CC(O)c1ccc(F)cc1)NC(=O)c1cccc(F)c1F. The van der Waals surface area contributed by atoms with Gasteiger partial charge in [0.2, 0.25) is 0 Å². The molecule has 2 rings (SSSR count). The molecule has 2 unspecified atom stereocenters. The Kier molecular flexibility index (Phi) is 5.39. The number of aliphatic hydroxyl groups excluding tert-OH is 1. The van der Waals surface area contributed by atoms with E-state index in [0.717, 1.165) is 6.07 Å². The van der Waals surface area contributed by atoms with Crippen molar-refractivity contribution in [3.05, 3.63) is 71.0 Å². The molecule has 2 aromatic carbocycles. The van der Waals surface area contributed by atoms with Crippen LogP contribution in [-0.4, -0.2) is 17.1 Å². The molecule has 122 valence electrons. The maximum atomic E-state index is 13.5. The van der Waals surface area contributed by atoms with Crippen LogP contribution in [0, 0.1) is 17.5 Å². The number of aliphatic hydroxyl groups is 1. The first-order valence-corrected chi connectivity index (χ1v) is 7.07. The second kappa shape index (κ2) is 7.28. The van der Waals surface area contributed by atoms with Gasteiger partial charge in [-0.1, -0.05) is 18.2 Å². The van der Waals surface area contributed by atoms with Gasteiger partial charge in [0.15, 0.2) is 11.6 Å². The van der Waals surface area contributed by atoms with Gasteiger partial charge in [-0.05, 0) is 43.2 Å². The zero-order valence-corrected chi connectivity index (χ0v) is 12.4. The first-order chi connectivity index (χ1) is 10.9. The zero-order chi connectivity index (χ0) is 17.0. The normalized spacial score (nSPS) is 13.4. The van der Waals surface area contributed by atoms with Crippen LogP contribution in [0.4, 0.5) is 13.2 Å². The number of carbonyl (C=O) groups is 1. The standard InChI is InChI=1S/C17H16F3NO2/c1-10(9-15(22)11-5-7-12(18)8-6-11)21-17(23)13-3-2-4-14(19)16(13)20/h2-8,10,15,22H,9H2,1H3,(H,21,23). The van der Waals surface area contributed by atoms with E-state index in [2.05, 4.69) is 5.32 Å². The van der Waals surface area contributed by atoms with Gasteiger partial charge < -0.3 is 10.4 Å². The van der Waals surface area contributed by atoms with Crippen LogP contribution < -0.4 is 5.32 Å². The molecule has 0 aliphatic heterocycles. The lowest BCUT2D eigenvalue weighted by Gasteiger charge is -2.18. The minimum atomic E-state index is -1.21. The van der Waals surface area contributed by atoms with E-state index in [4.69, 9.17) is 0 Å². The molecule has 1 amide bonds. The Morgan fingerprint density at radius 2 is 1.78 bits per heavy atom. The van der Waals surface area contributed by atoms with E-state index in [1.54, 1.807) is 6.92 Å². The number of rotatable bonds is 5. The van der Waals surface area contributed by atoms with E-state index in [0.29, 0.717) is 5.56 Å². The summed E-state index contributed by atoms with van der Waals surface area (Å²) in [5.74, 6) is -3.49. The predicted octanol–water partition coefficient (Wildman–Crippen LogP) is 3.35. The third kappa shape index (κ3) is 4.32. The summed E-state index contributed by atoms with van der Waals surface area (Å²) < 4.78 is 39.5. The molecular weight excluding hydrogens is 307 g/mol. The van der Waals surface area contributed by atoms with E-state index in [1.165, 1.54) is 36.4 Å². The fourth-order valence-electron chi connectivity index (χ4n) is 2.20. The number of carbonyl (C=O) groups excluding carboxylic acids is 1. The Morgan fingerprint density at radius 1 is 1.13 bits per heavy atom. The molecule has 0 saturated carbocycles. The number of benzene rings is 2. The van der Waals surface area contributed by atoms with Crippen molar-refractivity contribution in [1.82, 2.24) is 5.32 Å². The summed E-state index contributed by atoms with van der Waals surface area (Å²) in [5, 5.41) is 12.6. The highest BCUT2D eigenvalue weighted by molar-refractivity contribution is 5.94. The van der Waals surface area contributed by atoms with E-state index < -0.39 is 41.1 Å². The van der Waals surface area contributed by atoms with Crippen LogP contribution in [-0.2, 0) is 0 Å². The summed E-state index contributed by atoms with van der Waals surface area (Å²) in [6, 6.07) is 8.19. The maximum Gasteiger partial charge on any atom is 0.254 e. The van der Waals surface area contributed by atoms with Crippen LogP contribution in [0.25, 0.3) is 0 Å². The van der Waals surface area contributed by atoms with E-state index in [9.17, 15) is 23.1 Å². The molecule has 0 aromatic heterocycles. The molecule has 0 bridgehead atoms. The Morgan fingerprint density at radius 3 is 2.43 bits per heavy atom. The number of amides is 1. The number of halogens is 3. The molecule has 0 saturated heterocycles. The van der Waals surface area contributed by atoms with Gasteiger partial charge in [0.1, 0.15) is 5.82 Å². The molecule has 6 heteroatoms. The van der Waals surface area contributed by atoms with Crippen molar-refractivity contribution in [2.45, 2.75) is 25.5 Å². The molecule has 3 nitrogen and oxygen atoms in total. The molecule has 23 heavy (non-hydrogen) atoms. The maximum absolute atomic E-state index is 13.5. The summed E-state index contributed by atoms with van der Waals surface area (Å²) in [6.45, 7) is 1.63. The second-order valence-corrected chi connectivity index (χ2v) is 5.28. The van der Waals surface area contributed by atoms with Crippen LogP contribution >= 0.6 is 0 Å². The predicted molar refractivity (Wildman–Crippen MR) is 79.3 cm³/mol. The van der Waals surface area contributed by atoms with Crippen molar-refractivity contribution in [1.29, 1.82) is 0 Å². The summed E-state index contributed by atoms with van der Waals surface area (Å²) in [4.78, 5) is 11.9. The van der Waals surface area contributed by atoms with Crippen molar-refractivity contribution in [2.75, 3.05) is 0 Å². The molecule has 2 N–H and O–H groups in total. The fraction of sp³-hybridized carbons (Fsp3) is 0.235. The fourth-order valence-corrected chi connectivity index (χ4v) is 2.20. The van der Waals surface area contributed by atoms with Gasteiger partial charge in [-0.2, -0.15) is 0 Å². The van der Waals surface area contributed by atoms with Crippen LogP contribution in [0.5, 0.6) is 0 Å². The van der Waals surface area contributed by atoms with Gasteiger partial charge in [-0.25, -0.2) is 13.2 Å². The first kappa shape index (κ1) is 17.0. The van der Waals surface area contributed by atoms with Gasteiger partial charge in [-0.3, -0.25) is 4.79 Å². The molecule has 0 aliphatic rings. The molecule has 0 fully saturated rings. The van der Waals surface area contributed by atoms with Gasteiger partial charge in [0, 0.05) is 6.04 Å². The summed E-state index contributed by atoms with van der Waals surface area (Å²) in [7, 11) is 0. The highest BCUT2D eigenvalue weighted by atomic mass is 19.2. The minimum absolute atomic E-state index is 0.147. The van der Waals surface area contributed by atoms with Gasteiger partial charge in [-0.15, -0.1) is 0 Å². The number of hydrogen-bond donors (Lipinski definition) is 2. The largest absolute Gasteiger partial charge is 0.388 e. The van der Waals surface area contributed by atoms with E-state index >= 15 is 0 Å². The van der Waals surface area contributed by atoms with Gasteiger partial charge >= 0.3 is 0 Å². The smallest absolute Gasteiger partial charge is 0.254 e. The van der Waals surface area contributed by atoms with E-state index in [1.807, 2.05) is 0 Å². The highest BCUT2D eigenvalue weighted by Gasteiger charge is 2.19. The van der Waals surface area contributed by atoms with Crippen molar-refractivity contribution in [3.63, 3.8) is 0 Å². The third-order valence-electron chi connectivity index (χ3n) is 3.41. The Balaban J connectivity index is 1.98. The number of hydrogen-bond acceptors (Lipinski definition) is 2. The Bertz CT molecular complexity index is 689. The summed E-state index contributed by atoms with van der Waals surface area (Å²) >= 11 is 0. The lowest BCUT2D eigenvalue weighted by atomic mass is 10.0. The molecule has 0 aliphatic carbocycles. The number of nitrogens with one attached hydrogen (secondary N) is 1. The van der Waals surface area contributed by atoms with Crippen molar-refractivity contribution in [2.24, 2.45) is 0 Å². The lowest BCUT2D eigenvalue weighted by Crippen LogP contribution is -2.34. The van der Waals surface area contributed by atoms with Crippen molar-refractivity contribution < 1.29 is 23.1 Å². The third-order valence-corrected chi connectivity index (χ3v) is 3.41. The van der Waals surface area contributed by atoms with Gasteiger partial charge in [0.25, 0.3) is 5.91 Å². The highest BCUT2D eigenvalue weighted by Crippen LogP contribution is 2.19. The molecule has 0 spiro atoms. The van der Waals surface area contributed by atoms with Crippen LogP contribution in [0.3, 0.4) is 0 Å².